The van der Waals surface area contributed by atoms with Crippen molar-refractivity contribution in [2.45, 2.75) is 0 Å². The molecule has 0 aliphatic rings. The lowest BCUT2D eigenvalue weighted by molar-refractivity contribution is 1.05. The van der Waals surface area contributed by atoms with Gasteiger partial charge in [0.05, 0.1) is 5.52 Å². The van der Waals surface area contributed by atoms with Crippen LogP contribution in [0.25, 0.3) is 27.5 Å². The highest BCUT2D eigenvalue weighted by Crippen LogP contribution is 2.24. The smallest absolute Gasteiger partial charge is 0.137 e. The minimum Gasteiger partial charge on any atom is -0.301 e. The maximum absolute atomic E-state index is 4.60. The summed E-state index contributed by atoms with van der Waals surface area (Å²) < 4.78 is 3.39. The van der Waals surface area contributed by atoms with Gasteiger partial charge in [-0.3, -0.25) is 0 Å². The Morgan fingerprint density at radius 1 is 0.900 bits per heavy atom. The molecule has 0 unspecified atom stereocenters. The predicted molar refractivity (Wildman–Crippen MR) is 91.3 cm³/mol. The molecule has 0 spiro atoms. The maximum Gasteiger partial charge on any atom is 0.137 e. The molecule has 0 saturated heterocycles. The van der Waals surface area contributed by atoms with Gasteiger partial charge in [0, 0.05) is 26.7 Å². The SMILES string of the molecule is [125I]c1cccc2cnc(-n3ccc4ccccc43)cc12. The number of aromatic nitrogens is 2. The van der Waals surface area contributed by atoms with Crippen LogP contribution in [0.1, 0.15) is 0 Å². The van der Waals surface area contributed by atoms with Crippen LogP contribution in [0.5, 0.6) is 0 Å². The standard InChI is InChI=1S/C17H11IN2/c18-15-6-3-5-13-11-19-17(10-14(13)15)20-9-8-12-4-1-2-7-16(12)20/h1-11H/i18-2. The molecule has 20 heavy (non-hydrogen) atoms. The summed E-state index contributed by atoms with van der Waals surface area (Å²) in [7, 11) is 0. The van der Waals surface area contributed by atoms with E-state index in [0.29, 0.717) is 0 Å². The topological polar surface area (TPSA) is 17.8 Å². The molecule has 3 heteroatoms. The summed E-state index contributed by atoms with van der Waals surface area (Å²) in [5.74, 6) is 0.961. The highest BCUT2D eigenvalue weighted by molar-refractivity contribution is 14.1. The second kappa shape index (κ2) is 4.59. The van der Waals surface area contributed by atoms with E-state index in [9.17, 15) is 0 Å². The summed E-state index contributed by atoms with van der Waals surface area (Å²) in [6.45, 7) is 0. The van der Waals surface area contributed by atoms with E-state index in [0.717, 1.165) is 5.82 Å². The van der Waals surface area contributed by atoms with Crippen molar-refractivity contribution < 1.29 is 0 Å². The van der Waals surface area contributed by atoms with Crippen LogP contribution >= 0.6 is 22.6 Å². The third kappa shape index (κ3) is 1.81. The summed E-state index contributed by atoms with van der Waals surface area (Å²) in [5, 5.41) is 3.66. The van der Waals surface area contributed by atoms with Gasteiger partial charge < -0.3 is 4.57 Å². The summed E-state index contributed by atoms with van der Waals surface area (Å²) in [5.41, 5.74) is 1.19. The van der Waals surface area contributed by atoms with Crippen LogP contribution in [0.2, 0.25) is 0 Å². The second-order valence-electron chi connectivity index (χ2n) is 4.75. The Balaban J connectivity index is 2.00. The van der Waals surface area contributed by atoms with E-state index in [1.54, 1.807) is 0 Å². The zero-order chi connectivity index (χ0) is 13.5. The minimum absolute atomic E-state index is 0.961. The number of nitrogens with zero attached hydrogens (tertiary/aromatic N) is 2. The molecule has 0 bridgehead atoms. The van der Waals surface area contributed by atoms with Crippen LogP contribution in [0.4, 0.5) is 0 Å². The molecule has 4 aromatic rings. The molecule has 0 amide bonds. The van der Waals surface area contributed by atoms with Gasteiger partial charge in [-0.15, -0.1) is 0 Å². The molecule has 2 aromatic carbocycles. The van der Waals surface area contributed by atoms with Crippen molar-refractivity contribution in [1.29, 1.82) is 0 Å². The van der Waals surface area contributed by atoms with E-state index in [1.807, 2.05) is 6.20 Å². The van der Waals surface area contributed by atoms with Crippen LogP contribution < -0.4 is 0 Å². The highest BCUT2D eigenvalue weighted by Gasteiger charge is 2.06. The van der Waals surface area contributed by atoms with E-state index in [4.69, 9.17) is 0 Å². The number of para-hydroxylation sites is 1. The average Bonchev–Trinajstić information content (AvgIpc) is 2.91. The van der Waals surface area contributed by atoms with E-state index in [-0.39, 0.29) is 0 Å². The van der Waals surface area contributed by atoms with Gasteiger partial charge in [0.25, 0.3) is 0 Å². The molecule has 0 radical (unpaired) electrons. The largest absolute Gasteiger partial charge is 0.301 e. The highest BCUT2D eigenvalue weighted by atomic mass is 125. The number of halogens is 1. The Bertz CT molecular complexity index is 924. The molecule has 0 aliphatic heterocycles. The molecule has 2 heterocycles. The third-order valence-electron chi connectivity index (χ3n) is 3.54. The first kappa shape index (κ1) is 11.9. The number of fused-ring (bicyclic) bond motifs is 2. The summed E-state index contributed by atoms with van der Waals surface area (Å²) in [6.07, 6.45) is 4.02. The third-order valence-corrected chi connectivity index (χ3v) is 4.48. The first-order valence-corrected chi connectivity index (χ1v) is 7.51. The van der Waals surface area contributed by atoms with Crippen molar-refractivity contribution in [2.24, 2.45) is 0 Å². The van der Waals surface area contributed by atoms with E-state index >= 15 is 0 Å². The quantitative estimate of drug-likeness (QED) is 0.442. The van der Waals surface area contributed by atoms with Crippen molar-refractivity contribution in [3.63, 3.8) is 0 Å². The number of rotatable bonds is 1. The Labute approximate surface area is 130 Å². The Morgan fingerprint density at radius 2 is 1.75 bits per heavy atom. The number of benzene rings is 2. The van der Waals surface area contributed by atoms with Gasteiger partial charge in [0.2, 0.25) is 0 Å². The van der Waals surface area contributed by atoms with Gasteiger partial charge in [-0.25, -0.2) is 4.98 Å². The lowest BCUT2D eigenvalue weighted by Gasteiger charge is -2.07. The molecule has 4 rings (SSSR count). The van der Waals surface area contributed by atoms with E-state index in [2.05, 4.69) is 92.9 Å². The van der Waals surface area contributed by atoms with Crippen molar-refractivity contribution in [2.75, 3.05) is 0 Å². The normalized spacial score (nSPS) is 11.2. The molecule has 2 nitrogen and oxygen atoms in total. The fourth-order valence-electron chi connectivity index (χ4n) is 2.54. The van der Waals surface area contributed by atoms with Crippen molar-refractivity contribution in [3.05, 3.63) is 70.6 Å². The van der Waals surface area contributed by atoms with Crippen LogP contribution in [0, 0.1) is 3.57 Å². The molecular formula is C17H11IN2. The lowest BCUT2D eigenvalue weighted by atomic mass is 10.2. The van der Waals surface area contributed by atoms with Gasteiger partial charge in [-0.05, 0) is 52.2 Å². The van der Waals surface area contributed by atoms with Gasteiger partial charge >= 0.3 is 0 Å². The summed E-state index contributed by atoms with van der Waals surface area (Å²) >= 11 is 2.37. The fourth-order valence-corrected chi connectivity index (χ4v) is 3.21. The van der Waals surface area contributed by atoms with Gasteiger partial charge in [-0.1, -0.05) is 30.3 Å². The Kier molecular flexibility index (Phi) is 2.73. The molecule has 0 N–H and O–H groups in total. The molecule has 0 atom stereocenters. The van der Waals surface area contributed by atoms with Crippen molar-refractivity contribution in [3.8, 4) is 5.82 Å². The van der Waals surface area contributed by atoms with Crippen LogP contribution in [-0.4, -0.2) is 9.55 Å². The molecule has 0 fully saturated rings. The first-order chi connectivity index (χ1) is 9.83. The van der Waals surface area contributed by atoms with Crippen LogP contribution in [-0.2, 0) is 0 Å². The number of hydrogen-bond acceptors (Lipinski definition) is 1. The van der Waals surface area contributed by atoms with Crippen molar-refractivity contribution in [1.82, 2.24) is 9.55 Å². The van der Waals surface area contributed by atoms with Gasteiger partial charge in [0.1, 0.15) is 5.82 Å². The fraction of sp³-hybridized carbons (Fsp3) is 0. The minimum atomic E-state index is 0.961. The average molecular weight is 368 g/mol. The molecular weight excluding hydrogens is 357 g/mol. The van der Waals surface area contributed by atoms with Gasteiger partial charge in [-0.2, -0.15) is 0 Å². The molecule has 2 aromatic heterocycles. The molecule has 0 saturated carbocycles. The summed E-state index contributed by atoms with van der Waals surface area (Å²) in [6, 6.07) is 18.9. The van der Waals surface area contributed by atoms with Crippen LogP contribution in [0.15, 0.2) is 67.0 Å². The Hall–Kier alpha value is -1.88. The zero-order valence-electron chi connectivity index (χ0n) is 10.6. The lowest BCUT2D eigenvalue weighted by Crippen LogP contribution is -1.95. The van der Waals surface area contributed by atoms with E-state index < -0.39 is 0 Å². The number of hydrogen-bond donors (Lipinski definition) is 0. The molecule has 96 valence electrons. The second-order valence-corrected chi connectivity index (χ2v) is 5.91. The van der Waals surface area contributed by atoms with Crippen molar-refractivity contribution >= 4 is 44.3 Å². The first-order valence-electron chi connectivity index (χ1n) is 6.44. The van der Waals surface area contributed by atoms with Gasteiger partial charge in [0.15, 0.2) is 0 Å². The zero-order valence-corrected chi connectivity index (χ0v) is 12.8. The number of pyridine rings is 1. The molecule has 0 aliphatic carbocycles. The Morgan fingerprint density at radius 3 is 2.70 bits per heavy atom. The van der Waals surface area contributed by atoms with Crippen LogP contribution in [0.3, 0.4) is 0 Å². The monoisotopic (exact) mass is 368 g/mol. The van der Waals surface area contributed by atoms with E-state index in [1.165, 1.54) is 25.2 Å². The predicted octanol–water partition coefficient (Wildman–Crippen LogP) is 4.78. The maximum atomic E-state index is 4.60. The summed E-state index contributed by atoms with van der Waals surface area (Å²) in [4.78, 5) is 4.60.